The largest absolute Gasteiger partial charge is 0.345 e. The maximum Gasteiger partial charge on any atom is 0.322 e. The molecule has 1 aliphatic rings. The van der Waals surface area contributed by atoms with Crippen LogP contribution in [0.4, 0.5) is 16.2 Å². The smallest absolute Gasteiger partial charge is 0.322 e. The number of aryl methyl sites for hydroxylation is 1. The number of nitriles is 1. The van der Waals surface area contributed by atoms with E-state index in [9.17, 15) is 14.9 Å². The third-order valence-electron chi connectivity index (χ3n) is 6.42. The molecule has 0 spiro atoms. The van der Waals surface area contributed by atoms with E-state index in [0.717, 1.165) is 16.8 Å². The first-order valence-corrected chi connectivity index (χ1v) is 12.4. The van der Waals surface area contributed by atoms with Crippen molar-refractivity contribution in [2.75, 3.05) is 39.0 Å². The van der Waals surface area contributed by atoms with Crippen LogP contribution in [-0.4, -0.2) is 66.3 Å². The zero-order valence-corrected chi connectivity index (χ0v) is 21.8. The lowest BCUT2D eigenvalue weighted by atomic mass is 10.0. The van der Waals surface area contributed by atoms with E-state index >= 15 is 0 Å². The number of carbonyl (C=O) groups excluding carboxylic acids is 2. The van der Waals surface area contributed by atoms with Gasteiger partial charge in [-0.2, -0.15) is 5.26 Å². The number of hydrogen-bond acceptors (Lipinski definition) is 4. The summed E-state index contributed by atoms with van der Waals surface area (Å²) < 4.78 is 0. The SMILES string of the molecule is Cc1ccccc1N=C(NC#N)N1CCN(C(=O)Nc2ccc(C(=O)N(C)C)cc2)C(c2ccccc2)C1. The summed E-state index contributed by atoms with van der Waals surface area (Å²) in [5.74, 6) is 0.348. The molecule has 1 atom stereocenters. The molecule has 0 aliphatic carbocycles. The highest BCUT2D eigenvalue weighted by atomic mass is 16.2. The van der Waals surface area contributed by atoms with Gasteiger partial charge in [-0.05, 0) is 48.4 Å². The predicted molar refractivity (Wildman–Crippen MR) is 148 cm³/mol. The molecule has 3 aromatic carbocycles. The van der Waals surface area contributed by atoms with Gasteiger partial charge in [0.1, 0.15) is 0 Å². The van der Waals surface area contributed by atoms with Crippen molar-refractivity contribution in [1.82, 2.24) is 20.0 Å². The maximum absolute atomic E-state index is 13.4. The molecule has 2 N–H and O–H groups in total. The highest BCUT2D eigenvalue weighted by Crippen LogP contribution is 2.27. The van der Waals surface area contributed by atoms with Crippen LogP contribution in [0.15, 0.2) is 83.9 Å². The van der Waals surface area contributed by atoms with Crippen LogP contribution in [0.3, 0.4) is 0 Å². The molecular formula is C29H31N7O2. The van der Waals surface area contributed by atoms with Crippen molar-refractivity contribution in [2.45, 2.75) is 13.0 Å². The van der Waals surface area contributed by atoms with Gasteiger partial charge in [0.2, 0.25) is 5.96 Å². The third-order valence-corrected chi connectivity index (χ3v) is 6.42. The minimum atomic E-state index is -0.276. The van der Waals surface area contributed by atoms with Gasteiger partial charge in [0, 0.05) is 45.0 Å². The molecule has 1 unspecified atom stereocenters. The van der Waals surface area contributed by atoms with E-state index < -0.39 is 0 Å². The first kappa shape index (κ1) is 26.2. The van der Waals surface area contributed by atoms with E-state index in [1.54, 1.807) is 43.3 Å². The summed E-state index contributed by atoms with van der Waals surface area (Å²) >= 11 is 0. The van der Waals surface area contributed by atoms with Crippen molar-refractivity contribution < 1.29 is 9.59 Å². The summed E-state index contributed by atoms with van der Waals surface area (Å²) in [5, 5.41) is 15.1. The normalized spacial score (nSPS) is 15.4. The summed E-state index contributed by atoms with van der Waals surface area (Å²) in [7, 11) is 3.40. The van der Waals surface area contributed by atoms with E-state index in [1.165, 1.54) is 4.90 Å². The highest BCUT2D eigenvalue weighted by Gasteiger charge is 2.33. The van der Waals surface area contributed by atoms with Crippen molar-refractivity contribution in [3.05, 3.63) is 95.6 Å². The second kappa shape index (κ2) is 11.9. The first-order valence-electron chi connectivity index (χ1n) is 12.4. The fourth-order valence-corrected chi connectivity index (χ4v) is 4.36. The number of carbonyl (C=O) groups is 2. The van der Waals surface area contributed by atoms with Crippen molar-refractivity contribution in [1.29, 1.82) is 5.26 Å². The van der Waals surface area contributed by atoms with Crippen LogP contribution in [0.1, 0.15) is 27.5 Å². The number of urea groups is 1. The Bertz CT molecular complexity index is 1350. The lowest BCUT2D eigenvalue weighted by Gasteiger charge is -2.42. The van der Waals surface area contributed by atoms with Gasteiger partial charge >= 0.3 is 6.03 Å². The average molecular weight is 510 g/mol. The number of para-hydroxylation sites is 1. The summed E-state index contributed by atoms with van der Waals surface area (Å²) in [6, 6.07) is 23.9. The Morgan fingerprint density at radius 1 is 0.974 bits per heavy atom. The zero-order valence-electron chi connectivity index (χ0n) is 21.8. The van der Waals surface area contributed by atoms with Crippen LogP contribution in [0.25, 0.3) is 0 Å². The number of nitrogens with one attached hydrogen (secondary N) is 2. The summed E-state index contributed by atoms with van der Waals surface area (Å²) in [6.07, 6.45) is 2.00. The molecule has 9 heteroatoms. The molecule has 0 radical (unpaired) electrons. The fourth-order valence-electron chi connectivity index (χ4n) is 4.36. The Balaban J connectivity index is 1.57. The minimum absolute atomic E-state index is 0.0997. The van der Waals surface area contributed by atoms with E-state index in [0.29, 0.717) is 36.8 Å². The molecule has 0 saturated carbocycles. The van der Waals surface area contributed by atoms with Crippen molar-refractivity contribution in [3.63, 3.8) is 0 Å². The first-order chi connectivity index (χ1) is 18.4. The van der Waals surface area contributed by atoms with Gasteiger partial charge in [-0.3, -0.25) is 10.1 Å². The second-order valence-corrected chi connectivity index (χ2v) is 9.23. The predicted octanol–water partition coefficient (Wildman–Crippen LogP) is 4.35. The molecule has 1 aliphatic heterocycles. The molecule has 9 nitrogen and oxygen atoms in total. The van der Waals surface area contributed by atoms with Gasteiger partial charge in [0.25, 0.3) is 5.91 Å². The monoisotopic (exact) mass is 509 g/mol. The van der Waals surface area contributed by atoms with E-state index in [4.69, 9.17) is 4.99 Å². The minimum Gasteiger partial charge on any atom is -0.345 e. The van der Waals surface area contributed by atoms with Gasteiger partial charge in [0.05, 0.1) is 11.7 Å². The Hall–Kier alpha value is -4.84. The number of rotatable bonds is 4. The van der Waals surface area contributed by atoms with Crippen molar-refractivity contribution >= 4 is 29.3 Å². The van der Waals surface area contributed by atoms with Crippen LogP contribution in [0.5, 0.6) is 0 Å². The number of nitrogens with zero attached hydrogens (tertiary/aromatic N) is 5. The van der Waals surface area contributed by atoms with Crippen LogP contribution < -0.4 is 10.6 Å². The van der Waals surface area contributed by atoms with Crippen molar-refractivity contribution in [2.24, 2.45) is 4.99 Å². The Labute approximate surface area is 223 Å². The van der Waals surface area contributed by atoms with Crippen LogP contribution >= 0.6 is 0 Å². The number of anilines is 1. The summed E-state index contributed by atoms with van der Waals surface area (Å²) in [5.41, 5.74) is 3.91. The van der Waals surface area contributed by atoms with Gasteiger partial charge in [-0.15, -0.1) is 0 Å². The van der Waals surface area contributed by atoms with Gasteiger partial charge < -0.3 is 20.0 Å². The molecule has 0 bridgehead atoms. The summed E-state index contributed by atoms with van der Waals surface area (Å²) in [6.45, 7) is 3.34. The van der Waals surface area contributed by atoms with Crippen LogP contribution in [0.2, 0.25) is 0 Å². The Kier molecular flexibility index (Phi) is 8.23. The molecule has 4 rings (SSSR count). The van der Waals surface area contributed by atoms with Crippen molar-refractivity contribution in [3.8, 4) is 6.19 Å². The number of guanidine groups is 1. The number of hydrogen-bond donors (Lipinski definition) is 2. The Morgan fingerprint density at radius 2 is 1.66 bits per heavy atom. The Morgan fingerprint density at radius 3 is 2.32 bits per heavy atom. The van der Waals surface area contributed by atoms with Crippen LogP contribution in [0, 0.1) is 18.4 Å². The molecule has 0 aromatic heterocycles. The number of piperazine rings is 1. The molecule has 1 saturated heterocycles. The topological polar surface area (TPSA) is 104 Å². The molecule has 38 heavy (non-hydrogen) atoms. The number of benzene rings is 3. The maximum atomic E-state index is 13.4. The molecular weight excluding hydrogens is 478 g/mol. The molecule has 1 heterocycles. The molecule has 3 amide bonds. The van der Waals surface area contributed by atoms with E-state index in [-0.39, 0.29) is 18.0 Å². The van der Waals surface area contributed by atoms with E-state index in [2.05, 4.69) is 10.6 Å². The van der Waals surface area contributed by atoms with Gasteiger partial charge in [0.15, 0.2) is 6.19 Å². The average Bonchev–Trinajstić information content (AvgIpc) is 2.94. The number of amides is 3. The molecule has 194 valence electrons. The zero-order chi connectivity index (χ0) is 27.1. The quantitative estimate of drug-likeness (QED) is 0.236. The van der Waals surface area contributed by atoms with Gasteiger partial charge in [-0.25, -0.2) is 9.79 Å². The third kappa shape index (κ3) is 6.10. The number of aliphatic imine (C=N–C) groups is 1. The van der Waals surface area contributed by atoms with E-state index in [1.807, 2.05) is 72.6 Å². The highest BCUT2D eigenvalue weighted by molar-refractivity contribution is 5.95. The van der Waals surface area contributed by atoms with Crippen LogP contribution in [-0.2, 0) is 0 Å². The molecule has 1 fully saturated rings. The lowest BCUT2D eigenvalue weighted by molar-refractivity contribution is 0.0827. The summed E-state index contributed by atoms with van der Waals surface area (Å²) in [4.78, 5) is 35.7. The standard InChI is InChI=1S/C29H31N7O2/c1-21-9-7-8-12-25(21)33-28(31-20-30)35-17-18-36(26(19-35)22-10-5-4-6-11-22)29(38)32-24-15-13-23(14-16-24)27(37)34(2)3/h4-16,26H,17-19H2,1-3H3,(H,31,33)(H,32,38). The molecule has 3 aromatic rings. The second-order valence-electron chi connectivity index (χ2n) is 9.23. The fraction of sp³-hybridized carbons (Fsp3) is 0.241. The van der Waals surface area contributed by atoms with Gasteiger partial charge in [-0.1, -0.05) is 48.5 Å². The lowest BCUT2D eigenvalue weighted by Crippen LogP contribution is -2.55.